The summed E-state index contributed by atoms with van der Waals surface area (Å²) < 4.78 is 31.0. The molecule has 8 heteroatoms. The van der Waals surface area contributed by atoms with Crippen molar-refractivity contribution in [1.29, 1.82) is 0 Å². The lowest BCUT2D eigenvalue weighted by Crippen LogP contribution is -2.28. The molecule has 0 unspecified atom stereocenters. The minimum Gasteiger partial charge on any atom is -0.493 e. The molecule has 138 valence electrons. The first-order chi connectivity index (χ1) is 12.3. The third-order valence-electron chi connectivity index (χ3n) is 3.35. The van der Waals surface area contributed by atoms with Gasteiger partial charge in [0.1, 0.15) is 5.75 Å². The van der Waals surface area contributed by atoms with Crippen LogP contribution in [0.3, 0.4) is 0 Å². The second-order valence-electron chi connectivity index (χ2n) is 5.65. The van der Waals surface area contributed by atoms with Crippen LogP contribution in [0.2, 0.25) is 0 Å². The SMILES string of the molecule is CC(=O)NS(=O)(=O)c1ccc(NC(=O)CCOc2ccc(C)cc2)cc1. The normalized spacial score (nSPS) is 10.8. The number of nitrogens with one attached hydrogen (secondary N) is 2. The minimum absolute atomic E-state index is 0.0617. The van der Waals surface area contributed by atoms with Crippen molar-refractivity contribution >= 4 is 27.5 Å². The van der Waals surface area contributed by atoms with Crippen LogP contribution in [0, 0.1) is 6.92 Å². The molecule has 0 heterocycles. The van der Waals surface area contributed by atoms with Gasteiger partial charge in [0, 0.05) is 12.6 Å². The summed E-state index contributed by atoms with van der Waals surface area (Å²) in [6, 6.07) is 13.0. The van der Waals surface area contributed by atoms with Crippen LogP contribution >= 0.6 is 0 Å². The first kappa shape index (κ1) is 19.5. The third-order valence-corrected chi connectivity index (χ3v) is 4.79. The molecule has 0 aliphatic carbocycles. The van der Waals surface area contributed by atoms with Gasteiger partial charge in [-0.3, -0.25) is 9.59 Å². The minimum atomic E-state index is -3.88. The molecule has 2 amide bonds. The van der Waals surface area contributed by atoms with Crippen molar-refractivity contribution in [3.63, 3.8) is 0 Å². The Labute approximate surface area is 152 Å². The molecule has 0 saturated carbocycles. The lowest BCUT2D eigenvalue weighted by atomic mass is 10.2. The maximum atomic E-state index is 11.9. The molecule has 26 heavy (non-hydrogen) atoms. The Morgan fingerprint density at radius 3 is 2.19 bits per heavy atom. The number of benzene rings is 2. The maximum Gasteiger partial charge on any atom is 0.264 e. The Morgan fingerprint density at radius 1 is 1.00 bits per heavy atom. The Kier molecular flexibility index (Phi) is 6.35. The molecule has 0 spiro atoms. The van der Waals surface area contributed by atoms with E-state index in [1.807, 2.05) is 35.9 Å². The number of aryl methyl sites for hydroxylation is 1. The number of carbonyl (C=O) groups excluding carboxylic acids is 2. The van der Waals surface area contributed by atoms with Gasteiger partial charge in [0.2, 0.25) is 11.8 Å². The second kappa shape index (κ2) is 8.48. The zero-order valence-corrected chi connectivity index (χ0v) is 15.3. The van der Waals surface area contributed by atoms with Crippen molar-refractivity contribution in [3.05, 3.63) is 54.1 Å². The van der Waals surface area contributed by atoms with E-state index in [0.717, 1.165) is 12.5 Å². The largest absolute Gasteiger partial charge is 0.493 e. The van der Waals surface area contributed by atoms with Crippen molar-refractivity contribution in [2.24, 2.45) is 0 Å². The Balaban J connectivity index is 1.85. The Hall–Kier alpha value is -2.87. The summed E-state index contributed by atoms with van der Waals surface area (Å²) in [5.74, 6) is -0.235. The van der Waals surface area contributed by atoms with Crippen LogP contribution in [0.25, 0.3) is 0 Å². The quantitative estimate of drug-likeness (QED) is 0.772. The van der Waals surface area contributed by atoms with Gasteiger partial charge in [0.25, 0.3) is 10.0 Å². The highest BCUT2D eigenvalue weighted by atomic mass is 32.2. The van der Waals surface area contributed by atoms with E-state index in [0.29, 0.717) is 11.4 Å². The maximum absolute atomic E-state index is 11.9. The lowest BCUT2D eigenvalue weighted by Gasteiger charge is -2.09. The average Bonchev–Trinajstić information content (AvgIpc) is 2.56. The fourth-order valence-electron chi connectivity index (χ4n) is 2.09. The topological polar surface area (TPSA) is 102 Å². The summed E-state index contributed by atoms with van der Waals surface area (Å²) in [5, 5.41) is 2.66. The standard InChI is InChI=1S/C18H20N2O5S/c1-13-3-7-16(8-4-13)25-12-11-18(22)19-15-5-9-17(10-6-15)26(23,24)20-14(2)21/h3-10H,11-12H2,1-2H3,(H,19,22)(H,20,21). The average molecular weight is 376 g/mol. The van der Waals surface area contributed by atoms with Crippen LogP contribution in [0.1, 0.15) is 18.9 Å². The molecule has 0 fully saturated rings. The zero-order chi connectivity index (χ0) is 19.2. The fourth-order valence-corrected chi connectivity index (χ4v) is 3.08. The molecule has 0 aliphatic heterocycles. The first-order valence-corrected chi connectivity index (χ1v) is 9.37. The van der Waals surface area contributed by atoms with Gasteiger partial charge in [-0.25, -0.2) is 13.1 Å². The van der Waals surface area contributed by atoms with Gasteiger partial charge >= 0.3 is 0 Å². The summed E-state index contributed by atoms with van der Waals surface area (Å²) in [7, 11) is -3.88. The van der Waals surface area contributed by atoms with E-state index >= 15 is 0 Å². The van der Waals surface area contributed by atoms with Gasteiger partial charge < -0.3 is 10.1 Å². The second-order valence-corrected chi connectivity index (χ2v) is 7.33. The van der Waals surface area contributed by atoms with Gasteiger partial charge in [-0.1, -0.05) is 17.7 Å². The Bertz CT molecular complexity index is 875. The third kappa shape index (κ3) is 5.89. The van der Waals surface area contributed by atoms with Crippen molar-refractivity contribution in [2.75, 3.05) is 11.9 Å². The van der Waals surface area contributed by atoms with Gasteiger partial charge in [-0.15, -0.1) is 0 Å². The van der Waals surface area contributed by atoms with Gasteiger partial charge in [0.05, 0.1) is 17.9 Å². The van der Waals surface area contributed by atoms with Crippen molar-refractivity contribution in [1.82, 2.24) is 4.72 Å². The summed E-state index contributed by atoms with van der Waals surface area (Å²) in [6.07, 6.45) is 0.153. The van der Waals surface area contributed by atoms with Crippen LogP contribution in [-0.2, 0) is 19.6 Å². The van der Waals surface area contributed by atoms with Gasteiger partial charge in [-0.05, 0) is 43.3 Å². The van der Waals surface area contributed by atoms with E-state index in [2.05, 4.69) is 5.32 Å². The fraction of sp³-hybridized carbons (Fsp3) is 0.222. The van der Waals surface area contributed by atoms with E-state index in [1.165, 1.54) is 24.3 Å². The molecule has 0 radical (unpaired) electrons. The lowest BCUT2D eigenvalue weighted by molar-refractivity contribution is -0.117. The van der Waals surface area contributed by atoms with E-state index in [-0.39, 0.29) is 23.8 Å². The first-order valence-electron chi connectivity index (χ1n) is 7.89. The van der Waals surface area contributed by atoms with Crippen LogP contribution < -0.4 is 14.8 Å². The highest BCUT2D eigenvalue weighted by Gasteiger charge is 2.15. The van der Waals surface area contributed by atoms with Gasteiger partial charge in [-0.2, -0.15) is 0 Å². The van der Waals surface area contributed by atoms with E-state index < -0.39 is 15.9 Å². The highest BCUT2D eigenvalue weighted by Crippen LogP contribution is 2.15. The highest BCUT2D eigenvalue weighted by molar-refractivity contribution is 7.90. The number of hydrogen-bond donors (Lipinski definition) is 2. The van der Waals surface area contributed by atoms with Crippen molar-refractivity contribution in [2.45, 2.75) is 25.2 Å². The molecule has 0 aromatic heterocycles. The van der Waals surface area contributed by atoms with E-state index in [1.54, 1.807) is 0 Å². The number of sulfonamides is 1. The monoisotopic (exact) mass is 376 g/mol. The summed E-state index contributed by atoms with van der Waals surface area (Å²) in [5.41, 5.74) is 1.58. The number of ether oxygens (including phenoxy) is 1. The van der Waals surface area contributed by atoms with Gasteiger partial charge in [0.15, 0.2) is 0 Å². The van der Waals surface area contributed by atoms with Crippen LogP contribution in [0.4, 0.5) is 5.69 Å². The van der Waals surface area contributed by atoms with Crippen LogP contribution in [-0.4, -0.2) is 26.8 Å². The Morgan fingerprint density at radius 2 is 1.62 bits per heavy atom. The molecule has 2 N–H and O–H groups in total. The smallest absolute Gasteiger partial charge is 0.264 e. The molecular formula is C18H20N2O5S. The molecule has 2 aromatic rings. The van der Waals surface area contributed by atoms with Crippen molar-refractivity contribution in [3.8, 4) is 5.75 Å². The number of carbonyl (C=O) groups is 2. The predicted octanol–water partition coefficient (Wildman–Crippen LogP) is 2.23. The predicted molar refractivity (Wildman–Crippen MR) is 97.4 cm³/mol. The molecular weight excluding hydrogens is 356 g/mol. The molecule has 2 rings (SSSR count). The summed E-state index contributed by atoms with van der Waals surface area (Å²) in [4.78, 5) is 22.8. The number of hydrogen-bond acceptors (Lipinski definition) is 5. The summed E-state index contributed by atoms with van der Waals surface area (Å²) >= 11 is 0. The van der Waals surface area contributed by atoms with Crippen LogP contribution in [0.5, 0.6) is 5.75 Å². The zero-order valence-electron chi connectivity index (χ0n) is 14.5. The number of rotatable bonds is 7. The van der Waals surface area contributed by atoms with E-state index in [9.17, 15) is 18.0 Å². The molecule has 7 nitrogen and oxygen atoms in total. The molecule has 0 aliphatic rings. The number of anilines is 1. The number of amides is 2. The van der Waals surface area contributed by atoms with Crippen LogP contribution in [0.15, 0.2) is 53.4 Å². The molecule has 0 bridgehead atoms. The molecule has 0 atom stereocenters. The van der Waals surface area contributed by atoms with E-state index in [4.69, 9.17) is 4.74 Å². The van der Waals surface area contributed by atoms with Crippen molar-refractivity contribution < 1.29 is 22.7 Å². The molecule has 0 saturated heterocycles. The molecule has 2 aromatic carbocycles. The summed E-state index contributed by atoms with van der Waals surface area (Å²) in [6.45, 7) is 3.32.